The summed E-state index contributed by atoms with van der Waals surface area (Å²) in [4.78, 5) is 10.8. The van der Waals surface area contributed by atoms with Gasteiger partial charge in [0.1, 0.15) is 11.5 Å². The van der Waals surface area contributed by atoms with Gasteiger partial charge in [0.2, 0.25) is 0 Å². The van der Waals surface area contributed by atoms with Crippen LogP contribution < -0.4 is 22.5 Å². The monoisotopic (exact) mass is 230 g/mol. The number of carbonyl (C=O) groups excluding carboxylic acids is 1. The molecule has 88 valence electrons. The molecule has 5 nitrogen and oxygen atoms in total. The van der Waals surface area contributed by atoms with Crippen LogP contribution in [0.2, 0.25) is 0 Å². The zero-order chi connectivity index (χ0) is 12.8. The summed E-state index contributed by atoms with van der Waals surface area (Å²) >= 11 is 0. The first kappa shape index (κ1) is 12.5. The topological polar surface area (TPSA) is 107 Å². The predicted octanol–water partition coefficient (Wildman–Crippen LogP) is -0.671. The van der Waals surface area contributed by atoms with Gasteiger partial charge in [-0.2, -0.15) is 0 Å². The molecule has 0 bridgehead atoms. The third-order valence-corrected chi connectivity index (χ3v) is 2.20. The van der Waals surface area contributed by atoms with E-state index >= 15 is 0 Å². The fraction of sp³-hybridized carbons (Fsp3) is 0.0833. The van der Waals surface area contributed by atoms with Crippen LogP contribution in [0.5, 0.6) is 0 Å². The standard InChI is InChI=1S/C12H14N4O/c1-2-8-5-3-4-6-9(8)7-16-11(14)10(13)12(15)17/h1,3-6,16H,7,13-14H2,(H2,15,17)/b11-10-. The predicted molar refractivity (Wildman–Crippen MR) is 65.8 cm³/mol. The molecule has 0 aliphatic carbocycles. The van der Waals surface area contributed by atoms with Crippen LogP contribution >= 0.6 is 0 Å². The molecule has 7 N–H and O–H groups in total. The molecule has 0 spiro atoms. The number of carbonyl (C=O) groups is 1. The molecule has 1 aromatic carbocycles. The van der Waals surface area contributed by atoms with E-state index in [2.05, 4.69) is 11.2 Å². The Morgan fingerprint density at radius 2 is 1.94 bits per heavy atom. The lowest BCUT2D eigenvalue weighted by Crippen LogP contribution is -2.31. The van der Waals surface area contributed by atoms with Crippen LogP contribution in [0.1, 0.15) is 11.1 Å². The molecular formula is C12H14N4O. The van der Waals surface area contributed by atoms with Gasteiger partial charge in [0.15, 0.2) is 0 Å². The van der Waals surface area contributed by atoms with Crippen molar-refractivity contribution in [2.24, 2.45) is 17.2 Å². The summed E-state index contributed by atoms with van der Waals surface area (Å²) < 4.78 is 0. The molecule has 0 fully saturated rings. The van der Waals surface area contributed by atoms with Crippen molar-refractivity contribution in [3.05, 3.63) is 46.9 Å². The van der Waals surface area contributed by atoms with Gasteiger partial charge in [-0.1, -0.05) is 24.1 Å². The maximum absolute atomic E-state index is 10.8. The number of nitrogens with one attached hydrogen (secondary N) is 1. The Hall–Kier alpha value is -2.61. The third-order valence-electron chi connectivity index (χ3n) is 2.20. The molecule has 1 amide bonds. The van der Waals surface area contributed by atoms with E-state index in [4.69, 9.17) is 23.6 Å². The maximum atomic E-state index is 10.8. The van der Waals surface area contributed by atoms with E-state index in [-0.39, 0.29) is 11.5 Å². The second-order valence-electron chi connectivity index (χ2n) is 3.35. The van der Waals surface area contributed by atoms with Crippen molar-refractivity contribution < 1.29 is 4.79 Å². The quantitative estimate of drug-likeness (QED) is 0.406. The fourth-order valence-corrected chi connectivity index (χ4v) is 1.23. The number of hydrogen-bond acceptors (Lipinski definition) is 4. The van der Waals surface area contributed by atoms with E-state index in [0.29, 0.717) is 6.54 Å². The van der Waals surface area contributed by atoms with Gasteiger partial charge < -0.3 is 22.5 Å². The molecule has 5 heteroatoms. The summed E-state index contributed by atoms with van der Waals surface area (Å²) in [6, 6.07) is 7.37. The fourth-order valence-electron chi connectivity index (χ4n) is 1.23. The average molecular weight is 230 g/mol. The Bertz CT molecular complexity index is 499. The largest absolute Gasteiger partial charge is 0.391 e. The molecule has 0 atom stereocenters. The molecule has 0 unspecified atom stereocenters. The minimum Gasteiger partial charge on any atom is -0.391 e. The summed E-state index contributed by atoms with van der Waals surface area (Å²) in [5.41, 5.74) is 17.4. The second kappa shape index (κ2) is 5.47. The van der Waals surface area contributed by atoms with Gasteiger partial charge in [-0.3, -0.25) is 4.79 Å². The number of hydrogen-bond donors (Lipinski definition) is 4. The van der Waals surface area contributed by atoms with Crippen LogP contribution in [0.3, 0.4) is 0 Å². The lowest BCUT2D eigenvalue weighted by atomic mass is 10.1. The van der Waals surface area contributed by atoms with Crippen molar-refractivity contribution in [3.63, 3.8) is 0 Å². The molecule has 0 saturated carbocycles. The van der Waals surface area contributed by atoms with Gasteiger partial charge in [-0.15, -0.1) is 6.42 Å². The van der Waals surface area contributed by atoms with Gasteiger partial charge in [-0.05, 0) is 11.6 Å². The van der Waals surface area contributed by atoms with Gasteiger partial charge in [0.25, 0.3) is 5.91 Å². The molecule has 0 aliphatic heterocycles. The molecule has 0 aromatic heterocycles. The first-order chi connectivity index (χ1) is 8.06. The van der Waals surface area contributed by atoms with E-state index in [0.717, 1.165) is 11.1 Å². The third kappa shape index (κ3) is 3.18. The highest BCUT2D eigenvalue weighted by atomic mass is 16.1. The first-order valence-electron chi connectivity index (χ1n) is 4.89. The first-order valence-corrected chi connectivity index (χ1v) is 4.89. The van der Waals surface area contributed by atoms with Crippen LogP contribution in [-0.2, 0) is 11.3 Å². The van der Waals surface area contributed by atoms with Crippen molar-refractivity contribution in [2.75, 3.05) is 0 Å². The normalized spacial score (nSPS) is 11.2. The number of nitrogens with two attached hydrogens (primary N) is 3. The SMILES string of the molecule is C#Cc1ccccc1CN/C(N)=C(\N)C(N)=O. The van der Waals surface area contributed by atoms with Gasteiger partial charge in [-0.25, -0.2) is 0 Å². The minimum atomic E-state index is -0.764. The highest BCUT2D eigenvalue weighted by molar-refractivity contribution is 5.91. The molecule has 0 radical (unpaired) electrons. The highest BCUT2D eigenvalue weighted by Crippen LogP contribution is 2.06. The second-order valence-corrected chi connectivity index (χ2v) is 3.35. The Kier molecular flexibility index (Phi) is 4.01. The zero-order valence-electron chi connectivity index (χ0n) is 9.23. The number of rotatable bonds is 4. The van der Waals surface area contributed by atoms with Crippen molar-refractivity contribution >= 4 is 5.91 Å². The van der Waals surface area contributed by atoms with Crippen LogP contribution in [0, 0.1) is 12.3 Å². The summed E-state index contributed by atoms with van der Waals surface area (Å²) in [5, 5.41) is 2.79. The molecule has 17 heavy (non-hydrogen) atoms. The summed E-state index contributed by atoms with van der Waals surface area (Å²) in [6.45, 7) is 0.375. The van der Waals surface area contributed by atoms with Crippen LogP contribution in [0.15, 0.2) is 35.8 Å². The highest BCUT2D eigenvalue weighted by Gasteiger charge is 2.05. The van der Waals surface area contributed by atoms with Crippen LogP contribution in [-0.4, -0.2) is 5.91 Å². The number of benzene rings is 1. The lowest BCUT2D eigenvalue weighted by molar-refractivity contribution is -0.114. The number of amides is 1. The molecule has 0 heterocycles. The summed E-state index contributed by atoms with van der Waals surface area (Å²) in [6.07, 6.45) is 5.35. The summed E-state index contributed by atoms with van der Waals surface area (Å²) in [7, 11) is 0. The lowest BCUT2D eigenvalue weighted by Gasteiger charge is -2.09. The number of terminal acetylenes is 1. The molecule has 0 aliphatic rings. The molecule has 0 saturated heterocycles. The van der Waals surface area contributed by atoms with Crippen LogP contribution in [0.4, 0.5) is 0 Å². The zero-order valence-corrected chi connectivity index (χ0v) is 9.23. The maximum Gasteiger partial charge on any atom is 0.268 e. The molecular weight excluding hydrogens is 216 g/mol. The Morgan fingerprint density at radius 1 is 1.29 bits per heavy atom. The van der Waals surface area contributed by atoms with Gasteiger partial charge in [0.05, 0.1) is 0 Å². The molecule has 1 rings (SSSR count). The average Bonchev–Trinajstić information content (AvgIpc) is 2.35. The summed E-state index contributed by atoms with van der Waals surface area (Å²) in [5.74, 6) is 1.83. The van der Waals surface area contributed by atoms with Crippen molar-refractivity contribution in [1.82, 2.24) is 5.32 Å². The van der Waals surface area contributed by atoms with Crippen molar-refractivity contribution in [3.8, 4) is 12.3 Å². The van der Waals surface area contributed by atoms with Crippen molar-refractivity contribution in [1.29, 1.82) is 0 Å². The van der Waals surface area contributed by atoms with E-state index in [1.165, 1.54) is 0 Å². The minimum absolute atomic E-state index is 0.0457. The van der Waals surface area contributed by atoms with Gasteiger partial charge in [0, 0.05) is 12.1 Å². The Morgan fingerprint density at radius 3 is 2.53 bits per heavy atom. The molecule has 1 aromatic rings. The number of primary amides is 1. The Labute approximate surface area is 99.7 Å². The van der Waals surface area contributed by atoms with E-state index < -0.39 is 5.91 Å². The van der Waals surface area contributed by atoms with E-state index in [1.54, 1.807) is 0 Å². The van der Waals surface area contributed by atoms with E-state index in [9.17, 15) is 4.79 Å². The van der Waals surface area contributed by atoms with Crippen molar-refractivity contribution in [2.45, 2.75) is 6.54 Å². The Balaban J connectivity index is 2.79. The van der Waals surface area contributed by atoms with Crippen LogP contribution in [0.25, 0.3) is 0 Å². The smallest absolute Gasteiger partial charge is 0.268 e. The van der Waals surface area contributed by atoms with Gasteiger partial charge >= 0.3 is 0 Å². The van der Waals surface area contributed by atoms with E-state index in [1.807, 2.05) is 24.3 Å².